The minimum absolute atomic E-state index is 0.441. The summed E-state index contributed by atoms with van der Waals surface area (Å²) >= 11 is 4.83. The van der Waals surface area contributed by atoms with Gasteiger partial charge in [0.2, 0.25) is 0 Å². The number of anilines is 1. The van der Waals surface area contributed by atoms with Crippen LogP contribution in [-0.2, 0) is 7.05 Å². The number of hydrogen-bond donors (Lipinski definition) is 1. The molecule has 0 atom stereocenters. The zero-order valence-corrected chi connectivity index (χ0v) is 10.3. The van der Waals surface area contributed by atoms with E-state index in [-0.39, 0.29) is 0 Å². The van der Waals surface area contributed by atoms with Crippen LogP contribution in [0.25, 0.3) is 0 Å². The van der Waals surface area contributed by atoms with Crippen LogP contribution in [-0.4, -0.2) is 19.7 Å². The third kappa shape index (κ3) is 2.29. The molecule has 2 N–H and O–H groups in total. The Morgan fingerprint density at radius 1 is 1.47 bits per heavy atom. The lowest BCUT2D eigenvalue weighted by Gasteiger charge is -2.01. The summed E-state index contributed by atoms with van der Waals surface area (Å²) in [6.07, 6.45) is 5.13. The van der Waals surface area contributed by atoms with E-state index < -0.39 is 0 Å². The predicted molar refractivity (Wildman–Crippen MR) is 61.5 cm³/mol. The van der Waals surface area contributed by atoms with E-state index in [4.69, 9.17) is 5.73 Å². The molecule has 2 aromatic rings. The fourth-order valence-corrected chi connectivity index (χ4v) is 2.27. The van der Waals surface area contributed by atoms with E-state index in [1.165, 1.54) is 18.1 Å². The van der Waals surface area contributed by atoms with E-state index in [0.29, 0.717) is 5.82 Å². The van der Waals surface area contributed by atoms with Crippen molar-refractivity contribution in [2.45, 2.75) is 9.92 Å². The first kappa shape index (κ1) is 10.4. The molecule has 0 bridgehead atoms. The van der Waals surface area contributed by atoms with Crippen LogP contribution in [0.15, 0.2) is 33.1 Å². The molecule has 0 aliphatic rings. The first-order chi connectivity index (χ1) is 7.16. The number of halogens is 1. The van der Waals surface area contributed by atoms with Gasteiger partial charge < -0.3 is 5.73 Å². The smallest absolute Gasteiger partial charge is 0.142 e. The Kier molecular flexibility index (Phi) is 2.92. The van der Waals surface area contributed by atoms with E-state index >= 15 is 0 Å². The maximum atomic E-state index is 5.65. The minimum atomic E-state index is 0.441. The maximum absolute atomic E-state index is 5.65. The van der Waals surface area contributed by atoms with Crippen LogP contribution < -0.4 is 5.73 Å². The Bertz CT molecular complexity index is 484. The third-order valence-electron chi connectivity index (χ3n) is 1.68. The number of rotatable bonds is 2. The second-order valence-electron chi connectivity index (χ2n) is 2.83. The number of nitrogens with zero attached hydrogens (tertiary/aromatic N) is 4. The summed E-state index contributed by atoms with van der Waals surface area (Å²) in [6, 6.07) is 0. The molecule has 0 unspecified atom stereocenters. The fourth-order valence-electron chi connectivity index (χ4n) is 1.00. The predicted octanol–water partition coefficient (Wildman–Crippen LogP) is 1.71. The molecule has 0 saturated heterocycles. The highest BCUT2D eigenvalue weighted by molar-refractivity contribution is 9.10. The van der Waals surface area contributed by atoms with Gasteiger partial charge in [0, 0.05) is 13.2 Å². The van der Waals surface area contributed by atoms with Crippen molar-refractivity contribution in [2.24, 2.45) is 7.05 Å². The average Bonchev–Trinajstić information content (AvgIpc) is 2.59. The number of aryl methyl sites for hydroxylation is 1. The summed E-state index contributed by atoms with van der Waals surface area (Å²) in [5, 5.41) is 4.86. The second-order valence-corrected chi connectivity index (χ2v) is 4.69. The van der Waals surface area contributed by atoms with Crippen molar-refractivity contribution in [1.82, 2.24) is 19.7 Å². The first-order valence-corrected chi connectivity index (χ1v) is 5.70. The topological polar surface area (TPSA) is 69.6 Å². The minimum Gasteiger partial charge on any atom is -0.383 e. The van der Waals surface area contributed by atoms with Crippen LogP contribution in [0.3, 0.4) is 0 Å². The molecule has 0 fully saturated rings. The lowest BCUT2D eigenvalue weighted by Crippen LogP contribution is -1.94. The molecule has 2 aromatic heterocycles. The van der Waals surface area contributed by atoms with Crippen molar-refractivity contribution in [3.63, 3.8) is 0 Å². The molecule has 0 aliphatic carbocycles. The first-order valence-electron chi connectivity index (χ1n) is 4.09. The Morgan fingerprint density at radius 2 is 2.27 bits per heavy atom. The van der Waals surface area contributed by atoms with Crippen molar-refractivity contribution in [3.05, 3.63) is 23.2 Å². The highest BCUT2D eigenvalue weighted by Gasteiger charge is 2.08. The van der Waals surface area contributed by atoms with Gasteiger partial charge in [-0.15, -0.1) is 0 Å². The largest absolute Gasteiger partial charge is 0.383 e. The molecule has 0 amide bonds. The maximum Gasteiger partial charge on any atom is 0.142 e. The average molecular weight is 286 g/mol. The number of nitrogen functional groups attached to an aromatic ring is 1. The highest BCUT2D eigenvalue weighted by atomic mass is 79.9. The normalized spacial score (nSPS) is 10.5. The van der Waals surface area contributed by atoms with Gasteiger partial charge in [0.1, 0.15) is 17.2 Å². The number of hydrogen-bond acceptors (Lipinski definition) is 5. The third-order valence-corrected chi connectivity index (χ3v) is 3.67. The lowest BCUT2D eigenvalue weighted by molar-refractivity contribution is 0.766. The summed E-state index contributed by atoms with van der Waals surface area (Å²) in [6.45, 7) is 0. The van der Waals surface area contributed by atoms with Gasteiger partial charge in [0.05, 0.1) is 15.6 Å². The van der Waals surface area contributed by atoms with E-state index in [0.717, 1.165) is 14.4 Å². The molecule has 5 nitrogen and oxygen atoms in total. The van der Waals surface area contributed by atoms with Gasteiger partial charge in [0.15, 0.2) is 0 Å². The molecule has 15 heavy (non-hydrogen) atoms. The van der Waals surface area contributed by atoms with Crippen molar-refractivity contribution >= 4 is 33.5 Å². The molecule has 78 valence electrons. The molecule has 2 rings (SSSR count). The molecule has 0 radical (unpaired) electrons. The zero-order chi connectivity index (χ0) is 10.8. The van der Waals surface area contributed by atoms with Gasteiger partial charge in [-0.2, -0.15) is 5.10 Å². The molecule has 2 heterocycles. The molecule has 0 saturated carbocycles. The van der Waals surface area contributed by atoms with E-state index in [2.05, 4.69) is 31.0 Å². The van der Waals surface area contributed by atoms with Crippen molar-refractivity contribution in [1.29, 1.82) is 0 Å². The van der Waals surface area contributed by atoms with Crippen LogP contribution in [0.2, 0.25) is 0 Å². The summed E-state index contributed by atoms with van der Waals surface area (Å²) in [5.74, 6) is 0.441. The molecule has 7 heteroatoms. The van der Waals surface area contributed by atoms with Crippen LogP contribution in [0, 0.1) is 0 Å². The number of nitrogens with two attached hydrogens (primary N) is 1. The Morgan fingerprint density at radius 3 is 2.93 bits per heavy atom. The summed E-state index contributed by atoms with van der Waals surface area (Å²) < 4.78 is 2.46. The van der Waals surface area contributed by atoms with Crippen molar-refractivity contribution in [2.75, 3.05) is 5.73 Å². The monoisotopic (exact) mass is 285 g/mol. The van der Waals surface area contributed by atoms with Crippen LogP contribution in [0.4, 0.5) is 5.82 Å². The Labute approximate surface area is 99.2 Å². The fraction of sp³-hybridized carbons (Fsp3) is 0.125. The highest BCUT2D eigenvalue weighted by Crippen LogP contribution is 2.33. The number of aromatic nitrogens is 4. The molecule has 0 spiro atoms. The van der Waals surface area contributed by atoms with Crippen molar-refractivity contribution < 1.29 is 0 Å². The quantitative estimate of drug-likeness (QED) is 0.851. The van der Waals surface area contributed by atoms with E-state index in [9.17, 15) is 0 Å². The Balaban J connectivity index is 2.28. The molecule has 0 aliphatic heterocycles. The summed E-state index contributed by atoms with van der Waals surface area (Å²) in [5.41, 5.74) is 5.65. The van der Waals surface area contributed by atoms with Crippen LogP contribution >= 0.6 is 27.7 Å². The molecule has 0 aromatic carbocycles. The lowest BCUT2D eigenvalue weighted by atomic mass is 10.6. The van der Waals surface area contributed by atoms with E-state index in [1.54, 1.807) is 10.9 Å². The standard InChI is InChI=1S/C8H8BrN5S/c1-14-3-5(2-13-14)15-8-6(9)7(10)11-4-12-8/h2-4H,1H3,(H2,10,11,12). The zero-order valence-electron chi connectivity index (χ0n) is 7.88. The van der Waals surface area contributed by atoms with Gasteiger partial charge in [0.25, 0.3) is 0 Å². The molecular weight excluding hydrogens is 278 g/mol. The SMILES string of the molecule is Cn1cc(Sc2ncnc(N)c2Br)cn1. The van der Waals surface area contributed by atoms with Gasteiger partial charge in [-0.25, -0.2) is 9.97 Å². The summed E-state index contributed by atoms with van der Waals surface area (Å²) in [4.78, 5) is 9.01. The van der Waals surface area contributed by atoms with Crippen molar-refractivity contribution in [3.8, 4) is 0 Å². The van der Waals surface area contributed by atoms with Gasteiger partial charge in [-0.05, 0) is 15.9 Å². The molecular formula is C8H8BrN5S. The van der Waals surface area contributed by atoms with Crippen LogP contribution in [0.1, 0.15) is 0 Å². The van der Waals surface area contributed by atoms with Gasteiger partial charge >= 0.3 is 0 Å². The van der Waals surface area contributed by atoms with Gasteiger partial charge in [-0.1, -0.05) is 11.8 Å². The Hall–Kier alpha value is -1.08. The summed E-state index contributed by atoms with van der Waals surface area (Å²) in [7, 11) is 1.87. The van der Waals surface area contributed by atoms with Crippen LogP contribution in [0.5, 0.6) is 0 Å². The van der Waals surface area contributed by atoms with Gasteiger partial charge in [-0.3, -0.25) is 4.68 Å². The second kappa shape index (κ2) is 4.19. The van der Waals surface area contributed by atoms with E-state index in [1.807, 2.05) is 13.2 Å².